The number of likely N-dealkylation sites (tertiary alicyclic amines) is 1. The highest BCUT2D eigenvalue weighted by Crippen LogP contribution is 2.19. The summed E-state index contributed by atoms with van der Waals surface area (Å²) in [6.07, 6.45) is 4.68. The predicted molar refractivity (Wildman–Crippen MR) is 76.9 cm³/mol. The van der Waals surface area contributed by atoms with Crippen molar-refractivity contribution in [1.82, 2.24) is 21.1 Å². The van der Waals surface area contributed by atoms with E-state index >= 15 is 0 Å². The highest BCUT2D eigenvalue weighted by Gasteiger charge is 2.31. The third-order valence-electron chi connectivity index (χ3n) is 3.93. The molecule has 0 aromatic heterocycles. The number of amides is 3. The van der Waals surface area contributed by atoms with Crippen LogP contribution in [0.15, 0.2) is 0 Å². The van der Waals surface area contributed by atoms with Crippen LogP contribution in [-0.4, -0.2) is 47.3 Å². The molecule has 1 heterocycles. The van der Waals surface area contributed by atoms with Crippen molar-refractivity contribution < 1.29 is 14.4 Å². The second-order valence-electron chi connectivity index (χ2n) is 6.03. The van der Waals surface area contributed by atoms with Crippen LogP contribution in [0.1, 0.15) is 46.0 Å². The fourth-order valence-corrected chi connectivity index (χ4v) is 2.59. The smallest absolute Gasteiger partial charge is 0.327 e. The van der Waals surface area contributed by atoms with Gasteiger partial charge in [-0.2, -0.15) is 0 Å². The molecule has 1 saturated carbocycles. The zero-order valence-electron chi connectivity index (χ0n) is 12.6. The molecule has 1 aliphatic carbocycles. The van der Waals surface area contributed by atoms with Crippen LogP contribution in [0.3, 0.4) is 0 Å². The maximum atomic E-state index is 12.2. The van der Waals surface area contributed by atoms with Crippen LogP contribution in [-0.2, 0) is 14.4 Å². The summed E-state index contributed by atoms with van der Waals surface area (Å²) in [6, 6.07) is 0.147. The molecule has 21 heavy (non-hydrogen) atoms. The van der Waals surface area contributed by atoms with Crippen molar-refractivity contribution in [1.29, 1.82) is 0 Å². The first-order valence-corrected chi connectivity index (χ1v) is 7.65. The number of hydrogen-bond donors (Lipinski definition) is 3. The second-order valence-corrected chi connectivity index (χ2v) is 6.03. The molecule has 7 nitrogen and oxygen atoms in total. The van der Waals surface area contributed by atoms with Crippen molar-refractivity contribution in [2.24, 2.45) is 0 Å². The Morgan fingerprint density at radius 3 is 2.33 bits per heavy atom. The van der Waals surface area contributed by atoms with Crippen LogP contribution in [0, 0.1) is 0 Å². The first kappa shape index (κ1) is 15.8. The van der Waals surface area contributed by atoms with Gasteiger partial charge in [0.15, 0.2) is 0 Å². The Morgan fingerprint density at radius 2 is 1.71 bits per heavy atom. The van der Waals surface area contributed by atoms with E-state index in [1.165, 1.54) is 0 Å². The molecule has 2 aliphatic rings. The average Bonchev–Trinajstić information content (AvgIpc) is 3.28. The van der Waals surface area contributed by atoms with Crippen molar-refractivity contribution in [3.63, 3.8) is 0 Å². The third kappa shape index (κ3) is 4.42. The van der Waals surface area contributed by atoms with Crippen molar-refractivity contribution in [3.05, 3.63) is 0 Å². The molecule has 7 heteroatoms. The van der Waals surface area contributed by atoms with E-state index in [4.69, 9.17) is 0 Å². The number of piperidine rings is 1. The Bertz CT molecular complexity index is 420. The quantitative estimate of drug-likeness (QED) is 0.491. The molecule has 1 saturated heterocycles. The van der Waals surface area contributed by atoms with Gasteiger partial charge >= 0.3 is 11.8 Å². The van der Waals surface area contributed by atoms with Crippen LogP contribution in [0.25, 0.3) is 0 Å². The van der Waals surface area contributed by atoms with Gasteiger partial charge in [0.1, 0.15) is 0 Å². The average molecular weight is 296 g/mol. The minimum absolute atomic E-state index is 0.119. The number of carbonyl (C=O) groups is 3. The molecule has 0 aromatic carbocycles. The molecule has 2 rings (SSSR count). The molecule has 0 spiro atoms. The largest absolute Gasteiger partial charge is 0.345 e. The Kier molecular flexibility index (Phi) is 5.17. The first-order valence-electron chi connectivity index (χ1n) is 7.65. The van der Waals surface area contributed by atoms with E-state index in [1.807, 2.05) is 13.8 Å². The molecule has 1 aliphatic heterocycles. The fraction of sp³-hybridized carbons (Fsp3) is 0.786. The Balaban J connectivity index is 1.79. The van der Waals surface area contributed by atoms with Crippen LogP contribution in [0.4, 0.5) is 0 Å². The van der Waals surface area contributed by atoms with Gasteiger partial charge in [-0.15, -0.1) is 0 Å². The Labute approximate surface area is 124 Å². The van der Waals surface area contributed by atoms with E-state index in [9.17, 15) is 14.4 Å². The number of hydrogen-bond acceptors (Lipinski definition) is 4. The normalized spacial score (nSPS) is 22.7. The lowest BCUT2D eigenvalue weighted by atomic mass is 10.00. The molecule has 1 unspecified atom stereocenters. The highest BCUT2D eigenvalue weighted by molar-refractivity contribution is 6.35. The van der Waals surface area contributed by atoms with E-state index < -0.39 is 11.8 Å². The predicted octanol–water partition coefficient (Wildman–Crippen LogP) is -0.325. The molecule has 2 fully saturated rings. The van der Waals surface area contributed by atoms with E-state index in [2.05, 4.69) is 21.1 Å². The van der Waals surface area contributed by atoms with Gasteiger partial charge in [0.2, 0.25) is 0 Å². The van der Waals surface area contributed by atoms with E-state index in [0.717, 1.165) is 38.6 Å². The summed E-state index contributed by atoms with van der Waals surface area (Å²) >= 11 is 0. The van der Waals surface area contributed by atoms with Crippen molar-refractivity contribution in [2.45, 2.75) is 64.1 Å². The monoisotopic (exact) mass is 296 g/mol. The fourth-order valence-electron chi connectivity index (χ4n) is 2.59. The molecule has 3 N–H and O–H groups in total. The second kappa shape index (κ2) is 6.89. The van der Waals surface area contributed by atoms with Crippen LogP contribution in [0.2, 0.25) is 0 Å². The van der Waals surface area contributed by atoms with Crippen molar-refractivity contribution in [2.75, 3.05) is 6.54 Å². The summed E-state index contributed by atoms with van der Waals surface area (Å²) in [6.45, 7) is 4.98. The molecule has 0 aromatic rings. The molecule has 118 valence electrons. The minimum atomic E-state index is -0.817. The summed E-state index contributed by atoms with van der Waals surface area (Å²) in [5.41, 5.74) is 4.57. The number of rotatable bonds is 3. The summed E-state index contributed by atoms with van der Waals surface area (Å²) in [4.78, 5) is 37.3. The maximum absolute atomic E-state index is 12.2. The van der Waals surface area contributed by atoms with Crippen LogP contribution >= 0.6 is 0 Å². The standard InChI is InChI=1S/C14H24N4O3/c1-9(2)18-8-4-3-5-11(18)12(19)16-17-14(21)13(20)15-10-6-7-10/h9-11H,3-8H2,1-2H3,(H,15,20)(H,16,19)(H,17,21). The molecule has 0 bridgehead atoms. The molecular weight excluding hydrogens is 272 g/mol. The summed E-state index contributed by atoms with van der Waals surface area (Å²) in [5, 5.41) is 2.57. The van der Waals surface area contributed by atoms with E-state index in [1.54, 1.807) is 0 Å². The zero-order valence-corrected chi connectivity index (χ0v) is 12.6. The van der Waals surface area contributed by atoms with Crippen LogP contribution < -0.4 is 16.2 Å². The number of hydrazine groups is 1. The van der Waals surface area contributed by atoms with Gasteiger partial charge in [0, 0.05) is 12.1 Å². The molecule has 3 amide bonds. The Hall–Kier alpha value is -1.63. The third-order valence-corrected chi connectivity index (χ3v) is 3.93. The van der Waals surface area contributed by atoms with Gasteiger partial charge < -0.3 is 5.32 Å². The summed E-state index contributed by atoms with van der Waals surface area (Å²) < 4.78 is 0. The van der Waals surface area contributed by atoms with Gasteiger partial charge in [-0.25, -0.2) is 0 Å². The summed E-state index contributed by atoms with van der Waals surface area (Å²) in [7, 11) is 0. The molecule has 1 atom stereocenters. The number of nitrogens with one attached hydrogen (secondary N) is 3. The summed E-state index contributed by atoms with van der Waals surface area (Å²) in [5.74, 6) is -1.76. The van der Waals surface area contributed by atoms with Gasteiger partial charge in [-0.05, 0) is 46.1 Å². The van der Waals surface area contributed by atoms with Gasteiger partial charge in [0.25, 0.3) is 5.91 Å². The zero-order chi connectivity index (χ0) is 15.4. The first-order chi connectivity index (χ1) is 9.99. The number of carbonyl (C=O) groups excluding carboxylic acids is 3. The molecule has 0 radical (unpaired) electrons. The SMILES string of the molecule is CC(C)N1CCCCC1C(=O)NNC(=O)C(=O)NC1CC1. The van der Waals surface area contributed by atoms with Crippen LogP contribution in [0.5, 0.6) is 0 Å². The lowest BCUT2D eigenvalue weighted by Gasteiger charge is -2.37. The lowest BCUT2D eigenvalue weighted by molar-refractivity contribution is -0.141. The maximum Gasteiger partial charge on any atom is 0.327 e. The van der Waals surface area contributed by atoms with Gasteiger partial charge in [0.05, 0.1) is 6.04 Å². The Morgan fingerprint density at radius 1 is 1.00 bits per heavy atom. The lowest BCUT2D eigenvalue weighted by Crippen LogP contribution is -2.57. The van der Waals surface area contributed by atoms with Gasteiger partial charge in [-0.1, -0.05) is 6.42 Å². The van der Waals surface area contributed by atoms with Crippen molar-refractivity contribution >= 4 is 17.7 Å². The van der Waals surface area contributed by atoms with Gasteiger partial charge in [-0.3, -0.25) is 30.1 Å². The van der Waals surface area contributed by atoms with E-state index in [-0.39, 0.29) is 24.0 Å². The van der Waals surface area contributed by atoms with E-state index in [0.29, 0.717) is 0 Å². The minimum Gasteiger partial charge on any atom is -0.345 e. The van der Waals surface area contributed by atoms with Crippen molar-refractivity contribution in [3.8, 4) is 0 Å². The number of nitrogens with zero attached hydrogens (tertiary/aromatic N) is 1. The molecular formula is C14H24N4O3. The highest BCUT2D eigenvalue weighted by atomic mass is 16.2. The topological polar surface area (TPSA) is 90.5 Å².